The van der Waals surface area contributed by atoms with E-state index in [2.05, 4.69) is 15.5 Å². The maximum absolute atomic E-state index is 12.1. The molecule has 2 aromatic heterocycles. The maximum atomic E-state index is 12.1. The van der Waals surface area contributed by atoms with Crippen LogP contribution in [0.5, 0.6) is 0 Å². The van der Waals surface area contributed by atoms with Gasteiger partial charge in [-0.25, -0.2) is 4.79 Å². The van der Waals surface area contributed by atoms with Gasteiger partial charge in [0.05, 0.1) is 5.69 Å². The number of hydrogen-bond acceptors (Lipinski definition) is 5. The first-order chi connectivity index (χ1) is 10.5. The number of carboxylic acid groups (broad SMARTS) is 1. The monoisotopic (exact) mass is 303 g/mol. The normalized spacial score (nSPS) is 12.1. The Morgan fingerprint density at radius 3 is 2.68 bits per heavy atom. The Hall–Kier alpha value is -2.70. The van der Waals surface area contributed by atoms with E-state index in [-0.39, 0.29) is 11.7 Å². The van der Waals surface area contributed by atoms with Crippen LogP contribution < -0.4 is 5.32 Å². The standard InChI is InChI=1S/C15H17N3O4/c1-9(2)7-12(15(20)21)17-14(19)13-8-11(18-22-13)10-5-3-4-6-16-10/h3-6,8-9,12H,7H2,1-2H3,(H,17,19)(H,20,21)/t12-/m1/s1. The van der Waals surface area contributed by atoms with Crippen molar-refractivity contribution in [2.45, 2.75) is 26.3 Å². The average Bonchev–Trinajstić information content (AvgIpc) is 2.96. The number of aliphatic carboxylic acids is 1. The molecule has 2 rings (SSSR count). The molecule has 0 bridgehead atoms. The fourth-order valence-corrected chi connectivity index (χ4v) is 1.94. The van der Waals surface area contributed by atoms with Crippen LogP contribution in [0.1, 0.15) is 30.8 Å². The highest BCUT2D eigenvalue weighted by atomic mass is 16.5. The quantitative estimate of drug-likeness (QED) is 0.845. The molecule has 7 nitrogen and oxygen atoms in total. The van der Waals surface area contributed by atoms with Crippen LogP contribution in [0.15, 0.2) is 35.0 Å². The van der Waals surface area contributed by atoms with Crippen molar-refractivity contribution in [3.8, 4) is 11.4 Å². The molecule has 0 saturated carbocycles. The maximum Gasteiger partial charge on any atom is 0.326 e. The van der Waals surface area contributed by atoms with Gasteiger partial charge in [-0.2, -0.15) is 0 Å². The van der Waals surface area contributed by atoms with Crippen LogP contribution in [0.25, 0.3) is 11.4 Å². The molecule has 0 fully saturated rings. The van der Waals surface area contributed by atoms with E-state index in [0.717, 1.165) is 0 Å². The highest BCUT2D eigenvalue weighted by Gasteiger charge is 2.24. The first-order valence-corrected chi connectivity index (χ1v) is 6.89. The topological polar surface area (TPSA) is 105 Å². The van der Waals surface area contributed by atoms with Crippen LogP contribution in [0.3, 0.4) is 0 Å². The Labute approximate surface area is 127 Å². The second-order valence-corrected chi connectivity index (χ2v) is 5.29. The first-order valence-electron chi connectivity index (χ1n) is 6.89. The van der Waals surface area contributed by atoms with Crippen molar-refractivity contribution in [2.24, 2.45) is 5.92 Å². The summed E-state index contributed by atoms with van der Waals surface area (Å²) in [5.74, 6) is -1.59. The molecule has 0 unspecified atom stereocenters. The molecule has 0 aliphatic heterocycles. The van der Waals surface area contributed by atoms with Gasteiger partial charge in [0.15, 0.2) is 0 Å². The molecule has 2 aromatic rings. The van der Waals surface area contributed by atoms with Crippen LogP contribution in [-0.2, 0) is 4.79 Å². The predicted molar refractivity (Wildman–Crippen MR) is 78.1 cm³/mol. The Kier molecular flexibility index (Phi) is 4.88. The van der Waals surface area contributed by atoms with Crippen molar-refractivity contribution < 1.29 is 19.2 Å². The smallest absolute Gasteiger partial charge is 0.326 e. The van der Waals surface area contributed by atoms with Crippen molar-refractivity contribution in [3.63, 3.8) is 0 Å². The number of pyridine rings is 1. The molecule has 1 atom stereocenters. The van der Waals surface area contributed by atoms with Gasteiger partial charge in [0.2, 0.25) is 5.76 Å². The molecule has 116 valence electrons. The zero-order valence-electron chi connectivity index (χ0n) is 12.3. The van der Waals surface area contributed by atoms with E-state index in [1.807, 2.05) is 13.8 Å². The lowest BCUT2D eigenvalue weighted by Gasteiger charge is -2.15. The molecule has 0 aliphatic rings. The van der Waals surface area contributed by atoms with Crippen molar-refractivity contribution >= 4 is 11.9 Å². The summed E-state index contributed by atoms with van der Waals surface area (Å²) in [6.45, 7) is 3.77. The van der Waals surface area contributed by atoms with E-state index in [1.54, 1.807) is 24.4 Å². The predicted octanol–water partition coefficient (Wildman–Crippen LogP) is 1.97. The molecule has 2 heterocycles. The van der Waals surface area contributed by atoms with E-state index in [1.165, 1.54) is 6.07 Å². The molecule has 22 heavy (non-hydrogen) atoms. The van der Waals surface area contributed by atoms with Gasteiger partial charge in [-0.05, 0) is 24.5 Å². The van der Waals surface area contributed by atoms with Gasteiger partial charge in [-0.15, -0.1) is 0 Å². The third-order valence-electron chi connectivity index (χ3n) is 2.97. The second kappa shape index (κ2) is 6.84. The number of nitrogens with one attached hydrogen (secondary N) is 1. The lowest BCUT2D eigenvalue weighted by molar-refractivity contribution is -0.139. The third kappa shape index (κ3) is 3.91. The van der Waals surface area contributed by atoms with Gasteiger partial charge in [0, 0.05) is 12.3 Å². The zero-order chi connectivity index (χ0) is 16.1. The minimum absolute atomic E-state index is 0.0457. The highest BCUT2D eigenvalue weighted by Crippen LogP contribution is 2.16. The molecule has 2 N–H and O–H groups in total. The number of amides is 1. The van der Waals surface area contributed by atoms with Crippen LogP contribution in [0, 0.1) is 5.92 Å². The van der Waals surface area contributed by atoms with Gasteiger partial charge in [0.25, 0.3) is 5.91 Å². The van der Waals surface area contributed by atoms with Crippen LogP contribution in [0.2, 0.25) is 0 Å². The van der Waals surface area contributed by atoms with Crippen LogP contribution >= 0.6 is 0 Å². The fourth-order valence-electron chi connectivity index (χ4n) is 1.94. The summed E-state index contributed by atoms with van der Waals surface area (Å²) in [4.78, 5) is 27.3. The number of carbonyl (C=O) groups excluding carboxylic acids is 1. The minimum atomic E-state index is -1.08. The first kappa shape index (κ1) is 15.7. The fraction of sp³-hybridized carbons (Fsp3) is 0.333. The van der Waals surface area contributed by atoms with E-state index in [9.17, 15) is 9.59 Å². The summed E-state index contributed by atoms with van der Waals surface area (Å²) in [5.41, 5.74) is 0.990. The number of carbonyl (C=O) groups is 2. The SMILES string of the molecule is CC(C)C[C@@H](NC(=O)c1cc(-c2ccccn2)no1)C(=O)O. The third-order valence-corrected chi connectivity index (χ3v) is 2.97. The number of rotatable bonds is 6. The Morgan fingerprint density at radius 2 is 2.09 bits per heavy atom. The van der Waals surface area contributed by atoms with Crippen molar-refractivity contribution in [1.29, 1.82) is 0 Å². The minimum Gasteiger partial charge on any atom is -0.480 e. The largest absolute Gasteiger partial charge is 0.480 e. The number of carboxylic acids is 1. The van der Waals surface area contributed by atoms with Gasteiger partial charge < -0.3 is 14.9 Å². The van der Waals surface area contributed by atoms with E-state index in [0.29, 0.717) is 17.8 Å². The van der Waals surface area contributed by atoms with Gasteiger partial charge in [0.1, 0.15) is 11.7 Å². The van der Waals surface area contributed by atoms with Gasteiger partial charge >= 0.3 is 5.97 Å². The molecule has 0 spiro atoms. The number of nitrogens with zero attached hydrogens (tertiary/aromatic N) is 2. The summed E-state index contributed by atoms with van der Waals surface area (Å²) >= 11 is 0. The molecular formula is C15H17N3O4. The Morgan fingerprint density at radius 1 is 1.32 bits per heavy atom. The summed E-state index contributed by atoms with van der Waals surface area (Å²) in [6.07, 6.45) is 1.94. The van der Waals surface area contributed by atoms with Crippen molar-refractivity contribution in [1.82, 2.24) is 15.5 Å². The molecule has 0 aliphatic carbocycles. The summed E-state index contributed by atoms with van der Waals surface area (Å²) < 4.78 is 4.97. The lowest BCUT2D eigenvalue weighted by Crippen LogP contribution is -2.41. The van der Waals surface area contributed by atoms with E-state index < -0.39 is 17.9 Å². The van der Waals surface area contributed by atoms with Crippen LogP contribution in [0.4, 0.5) is 0 Å². The number of aromatic nitrogens is 2. The van der Waals surface area contributed by atoms with E-state index in [4.69, 9.17) is 9.63 Å². The lowest BCUT2D eigenvalue weighted by atomic mass is 10.0. The number of hydrogen-bond donors (Lipinski definition) is 2. The zero-order valence-corrected chi connectivity index (χ0v) is 12.3. The van der Waals surface area contributed by atoms with Crippen LogP contribution in [-0.4, -0.2) is 33.2 Å². The second-order valence-electron chi connectivity index (χ2n) is 5.29. The Balaban J connectivity index is 2.10. The average molecular weight is 303 g/mol. The van der Waals surface area contributed by atoms with Gasteiger partial charge in [-0.3, -0.25) is 9.78 Å². The molecular weight excluding hydrogens is 286 g/mol. The molecule has 1 amide bonds. The summed E-state index contributed by atoms with van der Waals surface area (Å²) in [5, 5.41) is 15.3. The van der Waals surface area contributed by atoms with Crippen molar-refractivity contribution in [3.05, 3.63) is 36.2 Å². The Bertz CT molecular complexity index is 652. The van der Waals surface area contributed by atoms with Gasteiger partial charge in [-0.1, -0.05) is 25.1 Å². The molecule has 0 aromatic carbocycles. The molecule has 7 heteroatoms. The summed E-state index contributed by atoms with van der Waals surface area (Å²) in [6, 6.07) is 5.76. The summed E-state index contributed by atoms with van der Waals surface area (Å²) in [7, 11) is 0. The highest BCUT2D eigenvalue weighted by molar-refractivity contribution is 5.94. The van der Waals surface area contributed by atoms with E-state index >= 15 is 0 Å². The molecule has 0 radical (unpaired) electrons. The van der Waals surface area contributed by atoms with Crippen molar-refractivity contribution in [2.75, 3.05) is 0 Å². The molecule has 0 saturated heterocycles.